The fourth-order valence-electron chi connectivity index (χ4n) is 4.56. The van der Waals surface area contributed by atoms with Gasteiger partial charge in [0.2, 0.25) is 0 Å². The fourth-order valence-corrected chi connectivity index (χ4v) is 6.31. The van der Waals surface area contributed by atoms with Gasteiger partial charge in [0.05, 0.1) is 21.9 Å². The van der Waals surface area contributed by atoms with Crippen molar-refractivity contribution in [3.8, 4) is 0 Å². The number of halogens is 3. The Hall–Kier alpha value is -2.81. The average Bonchev–Trinajstić information content (AvgIpc) is 2.86. The topological polar surface area (TPSA) is 98.9 Å². The van der Waals surface area contributed by atoms with Crippen LogP contribution in [0.2, 0.25) is 0 Å². The van der Waals surface area contributed by atoms with Crippen molar-refractivity contribution in [3.05, 3.63) is 65.2 Å². The van der Waals surface area contributed by atoms with E-state index in [1.165, 1.54) is 0 Å². The molecule has 0 heterocycles. The molecule has 176 valence electrons. The molecule has 2 aromatic carbocycles. The number of Topliss-reactive ketones (excluding diaryl/α,β-unsaturated/α-hetero) is 1. The lowest BCUT2D eigenvalue weighted by Gasteiger charge is -2.31. The number of hydrogen-bond acceptors (Lipinski definition) is 5. The summed E-state index contributed by atoms with van der Waals surface area (Å²) in [6.07, 6.45) is -3.18. The monoisotopic (exact) mass is 478 g/mol. The molecule has 0 aromatic heterocycles. The van der Waals surface area contributed by atoms with Gasteiger partial charge >= 0.3 is 6.18 Å². The molecule has 2 aromatic rings. The number of ketones is 1. The lowest BCUT2D eigenvalue weighted by molar-refractivity contribution is -0.137. The van der Waals surface area contributed by atoms with Crippen molar-refractivity contribution in [2.75, 3.05) is 5.75 Å². The quantitative estimate of drug-likeness (QED) is 0.438. The van der Waals surface area contributed by atoms with Gasteiger partial charge in [-0.25, -0.2) is 8.42 Å². The van der Waals surface area contributed by atoms with Crippen LogP contribution in [0.3, 0.4) is 0 Å². The van der Waals surface area contributed by atoms with E-state index in [9.17, 15) is 26.4 Å². The Bertz CT molecular complexity index is 1170. The Balaban J connectivity index is 2.05. The molecule has 0 spiro atoms. The Labute approximate surface area is 191 Å². The van der Waals surface area contributed by atoms with Crippen molar-refractivity contribution in [3.63, 3.8) is 0 Å². The summed E-state index contributed by atoms with van der Waals surface area (Å²) < 4.78 is 64.9. The first-order valence-electron chi connectivity index (χ1n) is 10.5. The standard InChI is InChI=1S/C24H25F3N2O3S/c1-3-15(13-33(31,32)17-10-8-16(9-11-17)24(25,26)27)21-19-7-5-4-6-18(19)14(2)23(30)22(29)20(21)12-28/h4-12,14-15,20-21,28-29H,3,13H2,1-2H3. The van der Waals surface area contributed by atoms with Crippen molar-refractivity contribution >= 4 is 27.5 Å². The minimum absolute atomic E-state index is 0.221. The van der Waals surface area contributed by atoms with Crippen LogP contribution in [-0.4, -0.2) is 31.9 Å². The smallest absolute Gasteiger partial charge is 0.312 e. The lowest BCUT2D eigenvalue weighted by atomic mass is 9.75. The maximum atomic E-state index is 13.1. The SMILES string of the molecule is CCC(CS(=O)(=O)c1ccc(C(F)(F)F)cc1)C1c2ccccc2C(C)C(=O)C(=N)C1C=N. The molecule has 9 heteroatoms. The van der Waals surface area contributed by atoms with Gasteiger partial charge < -0.3 is 10.8 Å². The third kappa shape index (κ3) is 4.78. The second-order valence-corrected chi connectivity index (χ2v) is 10.4. The molecule has 2 N–H and O–H groups in total. The predicted molar refractivity (Wildman–Crippen MR) is 120 cm³/mol. The van der Waals surface area contributed by atoms with E-state index >= 15 is 0 Å². The number of carbonyl (C=O) groups excluding carboxylic acids is 1. The van der Waals surface area contributed by atoms with Crippen LogP contribution in [0.25, 0.3) is 0 Å². The van der Waals surface area contributed by atoms with Gasteiger partial charge in [-0.1, -0.05) is 44.5 Å². The van der Waals surface area contributed by atoms with Crippen molar-refractivity contribution in [1.29, 1.82) is 10.8 Å². The van der Waals surface area contributed by atoms with Gasteiger partial charge in [0.15, 0.2) is 15.6 Å². The van der Waals surface area contributed by atoms with E-state index in [0.717, 1.165) is 36.0 Å². The normalized spacial score (nSPS) is 22.4. The highest BCUT2D eigenvalue weighted by atomic mass is 32.2. The molecule has 4 unspecified atom stereocenters. The summed E-state index contributed by atoms with van der Waals surface area (Å²) in [7, 11) is -3.97. The van der Waals surface area contributed by atoms with E-state index in [4.69, 9.17) is 10.8 Å². The van der Waals surface area contributed by atoms with E-state index in [0.29, 0.717) is 12.0 Å². The Kier molecular flexibility index (Phi) is 6.93. The zero-order valence-electron chi connectivity index (χ0n) is 18.2. The van der Waals surface area contributed by atoms with Crippen LogP contribution < -0.4 is 0 Å². The van der Waals surface area contributed by atoms with Gasteiger partial charge in [-0.15, -0.1) is 0 Å². The molecule has 0 amide bonds. The Morgan fingerprint density at radius 2 is 1.64 bits per heavy atom. The number of hydrogen-bond donors (Lipinski definition) is 2. The highest BCUT2D eigenvalue weighted by molar-refractivity contribution is 7.91. The summed E-state index contributed by atoms with van der Waals surface area (Å²) in [4.78, 5) is 12.6. The van der Waals surface area contributed by atoms with Gasteiger partial charge in [0.1, 0.15) is 0 Å². The zero-order valence-corrected chi connectivity index (χ0v) is 19.0. The summed E-state index contributed by atoms with van der Waals surface area (Å²) in [5.74, 6) is -3.44. The first kappa shape index (κ1) is 24.8. The maximum Gasteiger partial charge on any atom is 0.416 e. The molecule has 33 heavy (non-hydrogen) atoms. The minimum Gasteiger partial charge on any atom is -0.312 e. The van der Waals surface area contributed by atoms with Crippen LogP contribution >= 0.6 is 0 Å². The van der Waals surface area contributed by atoms with Gasteiger partial charge in [-0.05, 0) is 41.3 Å². The summed E-state index contributed by atoms with van der Waals surface area (Å²) in [5, 5.41) is 16.3. The van der Waals surface area contributed by atoms with Crippen LogP contribution in [0.1, 0.15) is 48.8 Å². The largest absolute Gasteiger partial charge is 0.416 e. The van der Waals surface area contributed by atoms with Crippen LogP contribution in [0.5, 0.6) is 0 Å². The summed E-state index contributed by atoms with van der Waals surface area (Å²) >= 11 is 0. The maximum absolute atomic E-state index is 13.1. The van der Waals surface area contributed by atoms with Crippen LogP contribution in [0.4, 0.5) is 13.2 Å². The molecule has 0 radical (unpaired) electrons. The van der Waals surface area contributed by atoms with Crippen LogP contribution in [-0.2, 0) is 20.8 Å². The minimum atomic E-state index is -4.57. The Morgan fingerprint density at radius 3 is 2.15 bits per heavy atom. The van der Waals surface area contributed by atoms with E-state index in [-0.39, 0.29) is 16.4 Å². The first-order chi connectivity index (χ1) is 15.4. The highest BCUT2D eigenvalue weighted by Crippen LogP contribution is 2.43. The fraction of sp³-hybridized carbons (Fsp3) is 0.375. The number of alkyl halides is 3. The van der Waals surface area contributed by atoms with Crippen molar-refractivity contribution in [2.45, 2.75) is 43.2 Å². The van der Waals surface area contributed by atoms with E-state index in [2.05, 4.69) is 0 Å². The Morgan fingerprint density at radius 1 is 1.06 bits per heavy atom. The number of rotatable bonds is 6. The van der Waals surface area contributed by atoms with Gasteiger partial charge in [-0.3, -0.25) is 4.79 Å². The molecule has 1 aliphatic rings. The second-order valence-electron chi connectivity index (χ2n) is 8.32. The summed E-state index contributed by atoms with van der Waals surface area (Å²) in [5.41, 5.74) is 0.260. The molecule has 3 rings (SSSR count). The van der Waals surface area contributed by atoms with Crippen LogP contribution in [0.15, 0.2) is 53.4 Å². The number of fused-ring (bicyclic) bond motifs is 1. The highest BCUT2D eigenvalue weighted by Gasteiger charge is 2.42. The predicted octanol–water partition coefficient (Wildman–Crippen LogP) is 5.26. The first-order valence-corrected chi connectivity index (χ1v) is 12.2. The third-order valence-electron chi connectivity index (χ3n) is 6.39. The van der Waals surface area contributed by atoms with Crippen molar-refractivity contribution in [1.82, 2.24) is 0 Å². The number of sulfone groups is 1. The molecule has 4 atom stereocenters. The summed E-state index contributed by atoms with van der Waals surface area (Å²) in [6.45, 7) is 3.48. The van der Waals surface area contributed by atoms with Gasteiger partial charge in [0.25, 0.3) is 0 Å². The molecule has 0 saturated carbocycles. The third-order valence-corrected chi connectivity index (χ3v) is 8.24. The van der Waals surface area contributed by atoms with Crippen LogP contribution in [0, 0.1) is 22.7 Å². The lowest BCUT2D eigenvalue weighted by Crippen LogP contribution is -2.34. The molecule has 0 saturated heterocycles. The van der Waals surface area contributed by atoms with Gasteiger partial charge in [-0.2, -0.15) is 13.2 Å². The molecule has 0 bridgehead atoms. The summed E-state index contributed by atoms with van der Waals surface area (Å²) in [6, 6.07) is 10.5. The molecular weight excluding hydrogens is 453 g/mol. The van der Waals surface area contributed by atoms with E-state index < -0.39 is 51.0 Å². The molecular formula is C24H25F3N2O3S. The van der Waals surface area contributed by atoms with Gasteiger partial charge in [0, 0.05) is 24.0 Å². The number of nitrogens with one attached hydrogen (secondary N) is 2. The van der Waals surface area contributed by atoms with Crippen molar-refractivity contribution in [2.24, 2.45) is 11.8 Å². The molecule has 5 nitrogen and oxygen atoms in total. The number of carbonyl (C=O) groups is 1. The number of benzene rings is 2. The van der Waals surface area contributed by atoms with E-state index in [1.54, 1.807) is 38.1 Å². The average molecular weight is 479 g/mol. The molecule has 1 aliphatic carbocycles. The molecule has 0 fully saturated rings. The van der Waals surface area contributed by atoms with Crippen molar-refractivity contribution < 1.29 is 26.4 Å². The second kappa shape index (κ2) is 9.21. The van der Waals surface area contributed by atoms with E-state index in [1.807, 2.05) is 0 Å². The molecule has 0 aliphatic heterocycles. The zero-order chi connectivity index (χ0) is 24.6.